The van der Waals surface area contributed by atoms with E-state index in [9.17, 15) is 19.2 Å². The Hall–Kier alpha value is -1.96. The van der Waals surface area contributed by atoms with Gasteiger partial charge in [0, 0.05) is 12.8 Å². The summed E-state index contributed by atoms with van der Waals surface area (Å²) in [6.07, 6.45) is -1.56. The Bertz CT molecular complexity index is 338. The van der Waals surface area contributed by atoms with Crippen LogP contribution in [0.4, 0.5) is 0 Å². The fourth-order valence-corrected chi connectivity index (χ4v) is 1.30. The highest BCUT2D eigenvalue weighted by Crippen LogP contribution is 2.15. The van der Waals surface area contributed by atoms with Crippen LogP contribution in [-0.4, -0.2) is 41.4 Å². The zero-order valence-electron chi connectivity index (χ0n) is 8.34. The van der Waals surface area contributed by atoms with Gasteiger partial charge in [0.1, 0.15) is 6.61 Å². The largest absolute Gasteiger partial charge is 0.368 e. The van der Waals surface area contributed by atoms with Crippen LogP contribution in [0.1, 0.15) is 12.8 Å². The lowest BCUT2D eigenvalue weighted by molar-refractivity contribution is -0.164. The number of hydrogen-bond donors (Lipinski definition) is 2. The number of primary amides is 2. The lowest BCUT2D eigenvalue weighted by Gasteiger charge is -2.22. The number of nitrogens with two attached hydrogens (primary N) is 2. The molecule has 0 radical (unpaired) electrons. The van der Waals surface area contributed by atoms with Crippen molar-refractivity contribution in [3.63, 3.8) is 0 Å². The second-order valence-electron chi connectivity index (χ2n) is 3.19. The molecule has 0 aromatic carbocycles. The fourth-order valence-electron chi connectivity index (χ4n) is 1.30. The van der Waals surface area contributed by atoms with Crippen LogP contribution >= 0.6 is 0 Å². The molecule has 1 fully saturated rings. The Kier molecular flexibility index (Phi) is 3.56. The van der Waals surface area contributed by atoms with Crippen LogP contribution in [0, 0.1) is 0 Å². The van der Waals surface area contributed by atoms with Crippen molar-refractivity contribution in [2.24, 2.45) is 11.5 Å². The number of likely N-dealkylation sites (tertiary alicyclic amines) is 1. The zero-order valence-corrected chi connectivity index (χ0v) is 8.34. The second kappa shape index (κ2) is 4.71. The van der Waals surface area contributed by atoms with Crippen molar-refractivity contribution in [1.82, 2.24) is 4.90 Å². The predicted molar refractivity (Wildman–Crippen MR) is 49.2 cm³/mol. The summed E-state index contributed by atoms with van der Waals surface area (Å²) in [6, 6.07) is 0. The number of rotatable bonds is 5. The molecule has 4 N–H and O–H groups in total. The van der Waals surface area contributed by atoms with Crippen molar-refractivity contribution in [1.29, 1.82) is 0 Å². The SMILES string of the molecule is NC(=O)COC(C(N)=O)N1C(=O)CCC1=O. The maximum absolute atomic E-state index is 11.3. The fraction of sp³-hybridized carbons (Fsp3) is 0.500. The Morgan fingerprint density at radius 2 is 1.75 bits per heavy atom. The molecule has 16 heavy (non-hydrogen) atoms. The minimum Gasteiger partial charge on any atom is -0.368 e. The average Bonchev–Trinajstić information content (AvgIpc) is 2.48. The first-order chi connectivity index (χ1) is 7.43. The van der Waals surface area contributed by atoms with Crippen LogP contribution in [0.15, 0.2) is 0 Å². The van der Waals surface area contributed by atoms with Crippen molar-refractivity contribution >= 4 is 23.6 Å². The molecule has 0 aromatic heterocycles. The molecule has 0 aliphatic carbocycles. The highest BCUT2D eigenvalue weighted by Gasteiger charge is 2.38. The highest BCUT2D eigenvalue weighted by atomic mass is 16.5. The molecule has 1 atom stereocenters. The summed E-state index contributed by atoms with van der Waals surface area (Å²) in [5.74, 6) is -2.97. The van der Waals surface area contributed by atoms with Gasteiger partial charge in [0.2, 0.25) is 23.9 Å². The van der Waals surface area contributed by atoms with Crippen LogP contribution in [-0.2, 0) is 23.9 Å². The Labute approximate surface area is 90.5 Å². The third kappa shape index (κ3) is 2.54. The van der Waals surface area contributed by atoms with Crippen molar-refractivity contribution in [3.05, 3.63) is 0 Å². The van der Waals surface area contributed by atoms with Gasteiger partial charge in [-0.1, -0.05) is 0 Å². The molecule has 1 aliphatic rings. The summed E-state index contributed by atoms with van der Waals surface area (Å²) < 4.78 is 4.72. The summed E-state index contributed by atoms with van der Waals surface area (Å²) in [4.78, 5) is 44.6. The van der Waals surface area contributed by atoms with E-state index in [0.29, 0.717) is 4.90 Å². The van der Waals surface area contributed by atoms with Crippen LogP contribution < -0.4 is 11.5 Å². The molecule has 0 spiro atoms. The van der Waals surface area contributed by atoms with Gasteiger partial charge in [-0.3, -0.25) is 19.2 Å². The second-order valence-corrected chi connectivity index (χ2v) is 3.19. The van der Waals surface area contributed by atoms with E-state index in [2.05, 4.69) is 0 Å². The Morgan fingerprint density at radius 1 is 1.25 bits per heavy atom. The lowest BCUT2D eigenvalue weighted by Crippen LogP contribution is -2.50. The molecule has 0 bridgehead atoms. The minimum absolute atomic E-state index is 0.00252. The summed E-state index contributed by atoms with van der Waals surface area (Å²) >= 11 is 0. The first-order valence-electron chi connectivity index (χ1n) is 4.47. The first kappa shape index (κ1) is 12.1. The lowest BCUT2D eigenvalue weighted by atomic mass is 10.4. The van der Waals surface area contributed by atoms with Crippen molar-refractivity contribution < 1.29 is 23.9 Å². The maximum atomic E-state index is 11.3. The van der Waals surface area contributed by atoms with Gasteiger partial charge in [-0.05, 0) is 0 Å². The summed E-state index contributed by atoms with van der Waals surface area (Å²) in [5.41, 5.74) is 9.77. The number of nitrogens with zero attached hydrogens (tertiary/aromatic N) is 1. The zero-order chi connectivity index (χ0) is 12.3. The van der Waals surface area contributed by atoms with Gasteiger partial charge >= 0.3 is 0 Å². The van der Waals surface area contributed by atoms with Crippen molar-refractivity contribution in [2.75, 3.05) is 6.61 Å². The maximum Gasteiger partial charge on any atom is 0.268 e. The molecule has 0 aromatic rings. The average molecular weight is 229 g/mol. The predicted octanol–water partition coefficient (Wildman–Crippen LogP) is -2.55. The van der Waals surface area contributed by atoms with E-state index in [-0.39, 0.29) is 12.8 Å². The molecule has 0 saturated carbocycles. The molecule has 88 valence electrons. The van der Waals surface area contributed by atoms with E-state index in [1.165, 1.54) is 0 Å². The first-order valence-corrected chi connectivity index (χ1v) is 4.47. The van der Waals surface area contributed by atoms with Crippen molar-refractivity contribution in [2.45, 2.75) is 19.1 Å². The minimum atomic E-state index is -1.56. The third-order valence-corrected chi connectivity index (χ3v) is 1.95. The van der Waals surface area contributed by atoms with E-state index >= 15 is 0 Å². The van der Waals surface area contributed by atoms with Gasteiger partial charge in [-0.15, -0.1) is 0 Å². The number of ether oxygens (including phenoxy) is 1. The van der Waals surface area contributed by atoms with Crippen LogP contribution in [0.25, 0.3) is 0 Å². The van der Waals surface area contributed by atoms with Gasteiger partial charge in [0.15, 0.2) is 0 Å². The smallest absolute Gasteiger partial charge is 0.268 e. The van der Waals surface area contributed by atoms with Crippen LogP contribution in [0.2, 0.25) is 0 Å². The monoisotopic (exact) mass is 229 g/mol. The van der Waals surface area contributed by atoms with E-state index < -0.39 is 36.5 Å². The summed E-state index contributed by atoms with van der Waals surface area (Å²) in [6.45, 7) is -0.593. The molecular weight excluding hydrogens is 218 g/mol. The number of imide groups is 1. The topological polar surface area (TPSA) is 133 Å². The van der Waals surface area contributed by atoms with Gasteiger partial charge in [0.25, 0.3) is 5.91 Å². The number of carbonyl (C=O) groups excluding carboxylic acids is 4. The molecule has 8 nitrogen and oxygen atoms in total. The van der Waals surface area contributed by atoms with Crippen molar-refractivity contribution in [3.8, 4) is 0 Å². The molecular formula is C8H11N3O5. The highest BCUT2D eigenvalue weighted by molar-refractivity contribution is 6.05. The molecule has 1 heterocycles. The van der Waals surface area contributed by atoms with E-state index in [0.717, 1.165) is 0 Å². The Morgan fingerprint density at radius 3 is 2.12 bits per heavy atom. The quantitative estimate of drug-likeness (QED) is 0.500. The number of amides is 4. The van der Waals surface area contributed by atoms with Gasteiger partial charge < -0.3 is 16.2 Å². The Balaban J connectivity index is 2.76. The van der Waals surface area contributed by atoms with Gasteiger partial charge in [-0.2, -0.15) is 0 Å². The third-order valence-electron chi connectivity index (χ3n) is 1.95. The standard InChI is InChI=1S/C8H11N3O5/c9-4(12)3-16-8(7(10)15)11-5(13)1-2-6(11)14/h8H,1-3H2,(H2,9,12)(H2,10,15). The molecule has 1 rings (SSSR count). The normalized spacial score (nSPS) is 17.6. The molecule has 1 saturated heterocycles. The molecule has 1 aliphatic heterocycles. The molecule has 4 amide bonds. The van der Waals surface area contributed by atoms with E-state index in [4.69, 9.17) is 16.2 Å². The molecule has 1 unspecified atom stereocenters. The van der Waals surface area contributed by atoms with Gasteiger partial charge in [0.05, 0.1) is 0 Å². The molecule has 8 heteroatoms. The van der Waals surface area contributed by atoms with Crippen LogP contribution in [0.3, 0.4) is 0 Å². The van der Waals surface area contributed by atoms with E-state index in [1.54, 1.807) is 0 Å². The number of carbonyl (C=O) groups is 4. The summed E-state index contributed by atoms with van der Waals surface area (Å²) in [7, 11) is 0. The summed E-state index contributed by atoms with van der Waals surface area (Å²) in [5, 5.41) is 0. The number of hydrogen-bond acceptors (Lipinski definition) is 5. The van der Waals surface area contributed by atoms with Gasteiger partial charge in [-0.25, -0.2) is 4.90 Å². The van der Waals surface area contributed by atoms with Crippen LogP contribution in [0.5, 0.6) is 0 Å². The van der Waals surface area contributed by atoms with E-state index in [1.807, 2.05) is 0 Å².